The van der Waals surface area contributed by atoms with E-state index in [9.17, 15) is 4.79 Å². The molecule has 1 heterocycles. The van der Waals surface area contributed by atoms with Crippen molar-refractivity contribution in [1.82, 2.24) is 0 Å². The van der Waals surface area contributed by atoms with Gasteiger partial charge in [-0.2, -0.15) is 0 Å². The van der Waals surface area contributed by atoms with Gasteiger partial charge < -0.3 is 4.90 Å². The molecule has 1 atom stereocenters. The highest BCUT2D eigenvalue weighted by Crippen LogP contribution is 2.35. The fraction of sp³-hybridized carbons (Fsp3) is 0.312. The van der Waals surface area contributed by atoms with Crippen LogP contribution in [-0.2, 0) is 6.42 Å². The number of nitrogens with zero attached hydrogens (tertiary/aromatic N) is 1. The number of ketones is 1. The van der Waals surface area contributed by atoms with Gasteiger partial charge in [-0.15, -0.1) is 11.3 Å². The van der Waals surface area contributed by atoms with Gasteiger partial charge in [0.1, 0.15) is 0 Å². The molecule has 0 N–H and O–H groups in total. The Labute approximate surface area is 117 Å². The summed E-state index contributed by atoms with van der Waals surface area (Å²) < 4.78 is 0. The van der Waals surface area contributed by atoms with Gasteiger partial charge in [-0.05, 0) is 42.0 Å². The predicted octanol–water partition coefficient (Wildman–Crippen LogP) is 3.73. The lowest BCUT2D eigenvalue weighted by Gasteiger charge is -2.22. The van der Waals surface area contributed by atoms with Crippen molar-refractivity contribution in [2.75, 3.05) is 19.0 Å². The highest BCUT2D eigenvalue weighted by atomic mass is 32.1. The van der Waals surface area contributed by atoms with Crippen LogP contribution < -0.4 is 4.90 Å². The number of Topliss-reactive ketones (excluding diaryl/α,β-unsaturated/α-hetero) is 1. The normalized spacial score (nSPS) is 18.2. The van der Waals surface area contributed by atoms with Crippen molar-refractivity contribution in [1.29, 1.82) is 0 Å². The van der Waals surface area contributed by atoms with Crippen LogP contribution in [0.15, 0.2) is 35.7 Å². The molecule has 1 unspecified atom stereocenters. The van der Waals surface area contributed by atoms with E-state index in [1.165, 1.54) is 10.6 Å². The molecule has 0 spiro atoms. The second kappa shape index (κ2) is 4.82. The van der Waals surface area contributed by atoms with Crippen LogP contribution in [0.2, 0.25) is 0 Å². The van der Waals surface area contributed by atoms with Crippen LogP contribution >= 0.6 is 11.3 Å². The molecule has 3 rings (SSSR count). The van der Waals surface area contributed by atoms with Gasteiger partial charge in [0.2, 0.25) is 0 Å². The van der Waals surface area contributed by atoms with E-state index >= 15 is 0 Å². The van der Waals surface area contributed by atoms with Gasteiger partial charge in [0.05, 0.1) is 0 Å². The van der Waals surface area contributed by atoms with Gasteiger partial charge in [0.25, 0.3) is 0 Å². The van der Waals surface area contributed by atoms with Gasteiger partial charge in [-0.25, -0.2) is 0 Å². The maximum Gasteiger partial charge on any atom is 0.171 e. The quantitative estimate of drug-likeness (QED) is 0.829. The molecule has 1 aliphatic rings. The molecule has 3 heteroatoms. The van der Waals surface area contributed by atoms with E-state index in [1.54, 1.807) is 11.3 Å². The summed E-state index contributed by atoms with van der Waals surface area (Å²) >= 11 is 1.71. The topological polar surface area (TPSA) is 20.3 Å². The van der Waals surface area contributed by atoms with E-state index in [-0.39, 0.29) is 5.92 Å². The molecule has 0 fully saturated rings. The van der Waals surface area contributed by atoms with Crippen LogP contribution in [-0.4, -0.2) is 19.9 Å². The number of fused-ring (bicyclic) bond motifs is 1. The fourth-order valence-electron chi connectivity index (χ4n) is 2.67. The minimum Gasteiger partial charge on any atom is -0.378 e. The Morgan fingerprint density at radius 3 is 2.58 bits per heavy atom. The SMILES string of the molecule is CN(C)c1ccc(C2CCc3sccc3C2=O)cc1. The average molecular weight is 271 g/mol. The Morgan fingerprint density at radius 2 is 1.89 bits per heavy atom. The number of carbonyl (C=O) groups is 1. The highest BCUT2D eigenvalue weighted by molar-refractivity contribution is 7.10. The van der Waals surface area contributed by atoms with Crippen molar-refractivity contribution >= 4 is 22.8 Å². The van der Waals surface area contributed by atoms with Crippen molar-refractivity contribution in [3.05, 3.63) is 51.7 Å². The van der Waals surface area contributed by atoms with E-state index < -0.39 is 0 Å². The summed E-state index contributed by atoms with van der Waals surface area (Å²) in [5.41, 5.74) is 3.26. The van der Waals surface area contributed by atoms with Gasteiger partial charge in [-0.1, -0.05) is 12.1 Å². The predicted molar refractivity (Wildman–Crippen MR) is 80.5 cm³/mol. The first kappa shape index (κ1) is 12.4. The minimum atomic E-state index is 0.0401. The molecule has 0 bridgehead atoms. The minimum absolute atomic E-state index is 0.0401. The number of hydrogen-bond acceptors (Lipinski definition) is 3. The van der Waals surface area contributed by atoms with Gasteiger partial charge in [0.15, 0.2) is 5.78 Å². The molecule has 2 aromatic rings. The molecule has 2 nitrogen and oxygen atoms in total. The second-order valence-electron chi connectivity index (χ2n) is 5.20. The third kappa shape index (κ3) is 2.19. The van der Waals surface area contributed by atoms with Crippen molar-refractivity contribution < 1.29 is 4.79 Å². The number of anilines is 1. The van der Waals surface area contributed by atoms with E-state index in [0.717, 1.165) is 24.0 Å². The summed E-state index contributed by atoms with van der Waals surface area (Å²) in [7, 11) is 4.05. The summed E-state index contributed by atoms with van der Waals surface area (Å²) in [5.74, 6) is 0.332. The number of rotatable bonds is 2. The van der Waals surface area contributed by atoms with E-state index in [1.807, 2.05) is 25.5 Å². The highest BCUT2D eigenvalue weighted by Gasteiger charge is 2.29. The van der Waals surface area contributed by atoms with E-state index in [4.69, 9.17) is 0 Å². The first-order valence-corrected chi connectivity index (χ1v) is 7.42. The lowest BCUT2D eigenvalue weighted by atomic mass is 9.82. The maximum atomic E-state index is 12.5. The largest absolute Gasteiger partial charge is 0.378 e. The second-order valence-corrected chi connectivity index (χ2v) is 6.20. The Balaban J connectivity index is 1.89. The van der Waals surface area contributed by atoms with Crippen LogP contribution in [0.25, 0.3) is 0 Å². The molecule has 19 heavy (non-hydrogen) atoms. The molecule has 98 valence electrons. The summed E-state index contributed by atoms with van der Waals surface area (Å²) in [4.78, 5) is 15.8. The zero-order valence-electron chi connectivity index (χ0n) is 11.2. The van der Waals surface area contributed by atoms with E-state index in [0.29, 0.717) is 5.78 Å². The third-order valence-electron chi connectivity index (χ3n) is 3.80. The van der Waals surface area contributed by atoms with Crippen LogP contribution in [0.3, 0.4) is 0 Å². The standard InChI is InChI=1S/C16H17NOS/c1-17(2)12-5-3-11(4-6-12)13-7-8-15-14(16(13)18)9-10-19-15/h3-6,9-10,13H,7-8H2,1-2H3. The van der Waals surface area contributed by atoms with Crippen molar-refractivity contribution in [3.63, 3.8) is 0 Å². The smallest absolute Gasteiger partial charge is 0.171 e. The lowest BCUT2D eigenvalue weighted by molar-refractivity contribution is 0.0947. The van der Waals surface area contributed by atoms with Crippen molar-refractivity contribution in [2.45, 2.75) is 18.8 Å². The molecule has 0 saturated carbocycles. The molecule has 1 aromatic carbocycles. The van der Waals surface area contributed by atoms with Gasteiger partial charge in [0, 0.05) is 36.1 Å². The van der Waals surface area contributed by atoms with Crippen LogP contribution in [0, 0.1) is 0 Å². The first-order chi connectivity index (χ1) is 9.16. The number of aryl methyl sites for hydroxylation is 1. The molecular formula is C16H17NOS. The molecule has 1 aliphatic carbocycles. The molecular weight excluding hydrogens is 254 g/mol. The maximum absolute atomic E-state index is 12.5. The summed E-state index contributed by atoms with van der Waals surface area (Å²) in [6.07, 6.45) is 1.96. The number of hydrogen-bond donors (Lipinski definition) is 0. The van der Waals surface area contributed by atoms with Crippen molar-refractivity contribution in [3.8, 4) is 0 Å². The fourth-order valence-corrected chi connectivity index (χ4v) is 3.57. The Hall–Kier alpha value is -1.61. The van der Waals surface area contributed by atoms with Gasteiger partial charge >= 0.3 is 0 Å². The van der Waals surface area contributed by atoms with Crippen molar-refractivity contribution in [2.24, 2.45) is 0 Å². The van der Waals surface area contributed by atoms with Crippen LogP contribution in [0.1, 0.15) is 33.1 Å². The molecule has 0 radical (unpaired) electrons. The summed E-state index contributed by atoms with van der Waals surface area (Å²) in [6, 6.07) is 10.3. The summed E-state index contributed by atoms with van der Waals surface area (Å²) in [5, 5.41) is 2.03. The zero-order chi connectivity index (χ0) is 13.4. The van der Waals surface area contributed by atoms with Crippen LogP contribution in [0.4, 0.5) is 5.69 Å². The number of benzene rings is 1. The Morgan fingerprint density at radius 1 is 1.16 bits per heavy atom. The van der Waals surface area contributed by atoms with Crippen LogP contribution in [0.5, 0.6) is 0 Å². The number of carbonyl (C=O) groups excluding carboxylic acids is 1. The lowest BCUT2D eigenvalue weighted by Crippen LogP contribution is -2.19. The molecule has 0 aliphatic heterocycles. The monoisotopic (exact) mass is 271 g/mol. The third-order valence-corrected chi connectivity index (χ3v) is 4.78. The Bertz CT molecular complexity index is 597. The van der Waals surface area contributed by atoms with Gasteiger partial charge in [-0.3, -0.25) is 4.79 Å². The summed E-state index contributed by atoms with van der Waals surface area (Å²) in [6.45, 7) is 0. The Kier molecular flexibility index (Phi) is 3.15. The zero-order valence-corrected chi connectivity index (χ0v) is 12.0. The average Bonchev–Trinajstić information content (AvgIpc) is 2.88. The number of thiophene rings is 1. The first-order valence-electron chi connectivity index (χ1n) is 6.54. The molecule has 1 aromatic heterocycles. The molecule has 0 saturated heterocycles. The van der Waals surface area contributed by atoms with E-state index in [2.05, 4.69) is 29.2 Å². The molecule has 0 amide bonds.